The molecule has 0 unspecified atom stereocenters. The number of para-hydroxylation sites is 2. The molecule has 0 aliphatic heterocycles. The van der Waals surface area contributed by atoms with Gasteiger partial charge >= 0.3 is 0 Å². The first-order valence-electron chi connectivity index (χ1n) is 18.4. The van der Waals surface area contributed by atoms with Crippen LogP contribution in [0.4, 0.5) is 17.1 Å². The summed E-state index contributed by atoms with van der Waals surface area (Å²) in [5.74, 6) is 0. The first-order chi connectivity index (χ1) is 26.8. The number of hydrogen-bond acceptors (Lipinski definition) is 2. The molecule has 10 rings (SSSR count). The maximum Gasteiger partial charge on any atom is 0.137 e. The normalized spacial score (nSPS) is 11.3. The minimum absolute atomic E-state index is 0.863. The molecule has 2 heteroatoms. The lowest BCUT2D eigenvalue weighted by Crippen LogP contribution is -2.11. The van der Waals surface area contributed by atoms with E-state index in [1.165, 1.54) is 38.6 Å². The first-order valence-corrected chi connectivity index (χ1v) is 18.4. The molecule has 0 aliphatic rings. The lowest BCUT2D eigenvalue weighted by Gasteiger charge is -2.29. The van der Waals surface area contributed by atoms with E-state index in [-0.39, 0.29) is 0 Å². The molecule has 9 aromatic carbocycles. The van der Waals surface area contributed by atoms with E-state index in [0.717, 1.165) is 55.7 Å². The zero-order valence-corrected chi connectivity index (χ0v) is 29.6. The molecule has 0 aliphatic carbocycles. The highest BCUT2D eigenvalue weighted by Gasteiger charge is 2.22. The van der Waals surface area contributed by atoms with Crippen LogP contribution in [0, 0.1) is 0 Å². The third kappa shape index (κ3) is 5.62. The molecule has 0 bridgehead atoms. The summed E-state index contributed by atoms with van der Waals surface area (Å²) in [5.41, 5.74) is 14.4. The van der Waals surface area contributed by atoms with Crippen LogP contribution in [0.1, 0.15) is 0 Å². The van der Waals surface area contributed by atoms with Crippen LogP contribution in [-0.2, 0) is 0 Å². The second kappa shape index (κ2) is 13.4. The van der Waals surface area contributed by atoms with Crippen LogP contribution < -0.4 is 4.90 Å². The molecular weight excluding hydrogens is 655 g/mol. The highest BCUT2D eigenvalue weighted by molar-refractivity contribution is 6.14. The van der Waals surface area contributed by atoms with Crippen LogP contribution in [0.15, 0.2) is 217 Å². The summed E-state index contributed by atoms with van der Waals surface area (Å²) in [5, 5.41) is 4.68. The number of fused-ring (bicyclic) bond motifs is 4. The fourth-order valence-corrected chi connectivity index (χ4v) is 7.90. The predicted molar refractivity (Wildman–Crippen MR) is 228 cm³/mol. The fourth-order valence-electron chi connectivity index (χ4n) is 7.90. The Kier molecular flexibility index (Phi) is 7.85. The molecule has 1 heterocycles. The molecule has 54 heavy (non-hydrogen) atoms. The van der Waals surface area contributed by atoms with Crippen LogP contribution in [0.5, 0.6) is 0 Å². The van der Waals surface area contributed by atoms with Gasteiger partial charge in [0.1, 0.15) is 11.2 Å². The van der Waals surface area contributed by atoms with Crippen molar-refractivity contribution in [2.75, 3.05) is 4.90 Å². The van der Waals surface area contributed by atoms with Gasteiger partial charge in [-0.3, -0.25) is 0 Å². The van der Waals surface area contributed by atoms with E-state index in [1.807, 2.05) is 6.07 Å². The molecule has 0 N–H and O–H groups in total. The molecule has 2 nitrogen and oxygen atoms in total. The Balaban J connectivity index is 1.15. The van der Waals surface area contributed by atoms with Crippen molar-refractivity contribution in [2.24, 2.45) is 0 Å². The van der Waals surface area contributed by atoms with Crippen LogP contribution in [0.25, 0.3) is 77.2 Å². The second-order valence-corrected chi connectivity index (χ2v) is 13.7. The molecule has 254 valence electrons. The Morgan fingerprint density at radius 2 is 0.870 bits per heavy atom. The standard InChI is InChI=1S/C52H35NO/c1-2-14-36(15-3-1)37-30-32-39(33-31-37)46-23-6-8-26-48(46)53(49-27-13-29-51-52(49)47-24-7-9-28-50(47)54-51)43-21-11-19-41(35-43)40-18-10-20-42(34-40)45-25-12-17-38-16-4-5-22-44(38)45/h1-35H. The summed E-state index contributed by atoms with van der Waals surface area (Å²) in [4.78, 5) is 2.41. The molecule has 0 spiro atoms. The number of hydrogen-bond donors (Lipinski definition) is 0. The van der Waals surface area contributed by atoms with E-state index < -0.39 is 0 Å². The maximum absolute atomic E-state index is 6.44. The molecule has 1 aromatic heterocycles. The van der Waals surface area contributed by atoms with Gasteiger partial charge in [-0.05, 0) is 92.2 Å². The van der Waals surface area contributed by atoms with Crippen LogP contribution in [-0.4, -0.2) is 0 Å². The average Bonchev–Trinajstić information content (AvgIpc) is 3.64. The van der Waals surface area contributed by atoms with E-state index in [9.17, 15) is 0 Å². The maximum atomic E-state index is 6.44. The Labute approximate surface area is 314 Å². The Morgan fingerprint density at radius 3 is 1.76 bits per heavy atom. The lowest BCUT2D eigenvalue weighted by atomic mass is 9.95. The van der Waals surface area contributed by atoms with Crippen molar-refractivity contribution in [3.8, 4) is 44.5 Å². The van der Waals surface area contributed by atoms with Crippen molar-refractivity contribution >= 4 is 49.8 Å². The molecule has 0 fully saturated rings. The van der Waals surface area contributed by atoms with Crippen molar-refractivity contribution in [1.82, 2.24) is 0 Å². The fraction of sp³-hybridized carbons (Fsp3) is 0. The van der Waals surface area contributed by atoms with E-state index in [0.29, 0.717) is 0 Å². The number of rotatable bonds is 7. The van der Waals surface area contributed by atoms with Crippen molar-refractivity contribution in [3.05, 3.63) is 212 Å². The van der Waals surface area contributed by atoms with E-state index in [2.05, 4.69) is 211 Å². The van der Waals surface area contributed by atoms with Gasteiger partial charge in [-0.15, -0.1) is 0 Å². The average molecular weight is 690 g/mol. The van der Waals surface area contributed by atoms with Crippen LogP contribution >= 0.6 is 0 Å². The van der Waals surface area contributed by atoms with Gasteiger partial charge in [-0.2, -0.15) is 0 Å². The summed E-state index contributed by atoms with van der Waals surface area (Å²) in [6.07, 6.45) is 0. The summed E-state index contributed by atoms with van der Waals surface area (Å²) >= 11 is 0. The monoisotopic (exact) mass is 689 g/mol. The molecule has 10 aromatic rings. The first kappa shape index (κ1) is 31.6. The minimum Gasteiger partial charge on any atom is -0.456 e. The molecule has 0 radical (unpaired) electrons. The number of nitrogens with zero attached hydrogens (tertiary/aromatic N) is 1. The van der Waals surface area contributed by atoms with Gasteiger partial charge in [0, 0.05) is 16.6 Å². The van der Waals surface area contributed by atoms with E-state index in [1.54, 1.807) is 0 Å². The highest BCUT2D eigenvalue weighted by Crippen LogP contribution is 2.46. The van der Waals surface area contributed by atoms with Gasteiger partial charge in [0.2, 0.25) is 0 Å². The zero-order chi connectivity index (χ0) is 35.8. The second-order valence-electron chi connectivity index (χ2n) is 13.7. The topological polar surface area (TPSA) is 16.4 Å². The SMILES string of the molecule is c1ccc(-c2ccc(-c3ccccc3N(c3cccc(-c4cccc(-c5cccc6ccccc56)c4)c3)c3cccc4oc5ccccc5c34)cc2)cc1. The lowest BCUT2D eigenvalue weighted by molar-refractivity contribution is 0.669. The third-order valence-electron chi connectivity index (χ3n) is 10.5. The molecule has 0 saturated heterocycles. The predicted octanol–water partition coefficient (Wildman–Crippen LogP) is 14.9. The zero-order valence-electron chi connectivity index (χ0n) is 29.6. The summed E-state index contributed by atoms with van der Waals surface area (Å²) in [6, 6.07) is 75.9. The van der Waals surface area contributed by atoms with Gasteiger partial charge in [0.25, 0.3) is 0 Å². The number of benzene rings is 9. The Hall–Kier alpha value is -7.16. The Morgan fingerprint density at radius 1 is 0.315 bits per heavy atom. The van der Waals surface area contributed by atoms with Gasteiger partial charge < -0.3 is 9.32 Å². The number of furan rings is 1. The molecule has 0 atom stereocenters. The molecule has 0 amide bonds. The van der Waals surface area contributed by atoms with Crippen molar-refractivity contribution in [1.29, 1.82) is 0 Å². The van der Waals surface area contributed by atoms with Crippen LogP contribution in [0.2, 0.25) is 0 Å². The van der Waals surface area contributed by atoms with Crippen molar-refractivity contribution in [3.63, 3.8) is 0 Å². The van der Waals surface area contributed by atoms with Gasteiger partial charge in [-0.25, -0.2) is 0 Å². The summed E-state index contributed by atoms with van der Waals surface area (Å²) in [7, 11) is 0. The van der Waals surface area contributed by atoms with E-state index in [4.69, 9.17) is 4.42 Å². The summed E-state index contributed by atoms with van der Waals surface area (Å²) < 4.78 is 6.44. The van der Waals surface area contributed by atoms with E-state index >= 15 is 0 Å². The largest absolute Gasteiger partial charge is 0.456 e. The molecule has 0 saturated carbocycles. The highest BCUT2D eigenvalue weighted by atomic mass is 16.3. The minimum atomic E-state index is 0.863. The van der Waals surface area contributed by atoms with Crippen molar-refractivity contribution < 1.29 is 4.42 Å². The van der Waals surface area contributed by atoms with Gasteiger partial charge in [0.05, 0.1) is 16.8 Å². The smallest absolute Gasteiger partial charge is 0.137 e. The Bertz CT molecular complexity index is 2930. The molecular formula is C52H35NO. The van der Waals surface area contributed by atoms with Gasteiger partial charge in [0.15, 0.2) is 0 Å². The number of anilines is 3. The quantitative estimate of drug-likeness (QED) is 0.166. The summed E-state index contributed by atoms with van der Waals surface area (Å²) in [6.45, 7) is 0. The van der Waals surface area contributed by atoms with Crippen LogP contribution in [0.3, 0.4) is 0 Å². The third-order valence-corrected chi connectivity index (χ3v) is 10.5. The van der Waals surface area contributed by atoms with Gasteiger partial charge in [-0.1, -0.05) is 170 Å². The van der Waals surface area contributed by atoms with Crippen molar-refractivity contribution in [2.45, 2.75) is 0 Å².